The number of hydrogen-bond acceptors (Lipinski definition) is 5. The molecule has 1 N–H and O–H groups in total. The number of pyridine rings is 1. The summed E-state index contributed by atoms with van der Waals surface area (Å²) in [6.07, 6.45) is 3.52. The molecule has 1 aromatic carbocycles. The zero-order chi connectivity index (χ0) is 19.7. The summed E-state index contributed by atoms with van der Waals surface area (Å²) in [5.41, 5.74) is 1.45. The van der Waals surface area contributed by atoms with Crippen LogP contribution in [-0.2, 0) is 6.54 Å². The number of nitrogens with one attached hydrogen (secondary N) is 1. The Morgan fingerprint density at radius 1 is 1.07 bits per heavy atom. The largest absolute Gasteiger partial charge is 0.368 e. The predicted octanol–water partition coefficient (Wildman–Crippen LogP) is 1.07. The van der Waals surface area contributed by atoms with Crippen molar-refractivity contribution in [1.82, 2.24) is 19.4 Å². The number of amides is 1. The minimum absolute atomic E-state index is 0.0774. The van der Waals surface area contributed by atoms with E-state index in [1.54, 1.807) is 30.6 Å². The van der Waals surface area contributed by atoms with Gasteiger partial charge in [0.1, 0.15) is 0 Å². The first kappa shape index (κ1) is 18.0. The summed E-state index contributed by atoms with van der Waals surface area (Å²) in [5, 5.41) is 0. The van der Waals surface area contributed by atoms with Gasteiger partial charge in [-0.1, -0.05) is 0 Å². The molecular formula is C20H21N5O3. The molecule has 1 aliphatic rings. The Hall–Kier alpha value is -3.42. The number of carbonyl (C=O) groups is 1. The summed E-state index contributed by atoms with van der Waals surface area (Å²) in [5.74, 6) is -0.0774. The minimum atomic E-state index is -0.676. The highest BCUT2D eigenvalue weighted by Gasteiger charge is 2.23. The van der Waals surface area contributed by atoms with Crippen LogP contribution < -0.4 is 16.0 Å². The summed E-state index contributed by atoms with van der Waals surface area (Å²) in [4.78, 5) is 47.4. The average molecular weight is 379 g/mol. The number of aromatic amines is 1. The molecule has 144 valence electrons. The van der Waals surface area contributed by atoms with Gasteiger partial charge < -0.3 is 19.4 Å². The number of benzene rings is 1. The van der Waals surface area contributed by atoms with E-state index in [-0.39, 0.29) is 5.91 Å². The normalized spacial score (nSPS) is 14.5. The Balaban J connectivity index is 1.56. The number of H-pyrrole nitrogens is 1. The lowest BCUT2D eigenvalue weighted by Gasteiger charge is -2.36. The fourth-order valence-corrected chi connectivity index (χ4v) is 3.63. The van der Waals surface area contributed by atoms with E-state index in [9.17, 15) is 14.4 Å². The number of fused-ring (bicyclic) bond motifs is 1. The molecule has 2 aromatic heterocycles. The topological polar surface area (TPSA) is 91.3 Å². The lowest BCUT2D eigenvalue weighted by atomic mass is 10.1. The monoisotopic (exact) mass is 379 g/mol. The second kappa shape index (κ2) is 7.30. The van der Waals surface area contributed by atoms with E-state index >= 15 is 0 Å². The number of anilines is 1. The lowest BCUT2D eigenvalue weighted by molar-refractivity contribution is 0.0747. The molecule has 3 heterocycles. The van der Waals surface area contributed by atoms with Crippen molar-refractivity contribution in [2.45, 2.75) is 13.5 Å². The molecule has 1 amide bonds. The molecule has 28 heavy (non-hydrogen) atoms. The molecular weight excluding hydrogens is 358 g/mol. The zero-order valence-corrected chi connectivity index (χ0v) is 15.6. The van der Waals surface area contributed by atoms with E-state index in [4.69, 9.17) is 0 Å². The molecule has 1 fully saturated rings. The summed E-state index contributed by atoms with van der Waals surface area (Å²) >= 11 is 0. The van der Waals surface area contributed by atoms with Gasteiger partial charge in [-0.05, 0) is 37.3 Å². The molecule has 0 saturated carbocycles. The number of aromatic nitrogens is 3. The number of aryl methyl sites for hydroxylation is 1. The van der Waals surface area contributed by atoms with Gasteiger partial charge in [0.2, 0.25) is 0 Å². The zero-order valence-electron chi connectivity index (χ0n) is 15.6. The maximum Gasteiger partial charge on any atom is 0.316 e. The average Bonchev–Trinajstić information content (AvgIpc) is 2.74. The second-order valence-electron chi connectivity index (χ2n) is 6.72. The molecule has 0 unspecified atom stereocenters. The molecule has 3 aromatic rings. The van der Waals surface area contributed by atoms with E-state index < -0.39 is 11.1 Å². The van der Waals surface area contributed by atoms with Crippen molar-refractivity contribution in [3.63, 3.8) is 0 Å². The van der Waals surface area contributed by atoms with Crippen LogP contribution in [0, 0.1) is 0 Å². The highest BCUT2D eigenvalue weighted by molar-refractivity contribution is 5.97. The fourth-order valence-electron chi connectivity index (χ4n) is 3.63. The molecule has 1 aliphatic heterocycles. The molecule has 1 saturated heterocycles. The molecule has 0 bridgehead atoms. The third-order valence-electron chi connectivity index (χ3n) is 5.13. The number of nitrogens with zero attached hydrogens (tertiary/aromatic N) is 4. The van der Waals surface area contributed by atoms with Crippen molar-refractivity contribution >= 4 is 22.6 Å². The maximum absolute atomic E-state index is 12.9. The molecule has 0 spiro atoms. The van der Waals surface area contributed by atoms with Crippen molar-refractivity contribution in [3.8, 4) is 0 Å². The van der Waals surface area contributed by atoms with E-state index in [1.807, 2.05) is 24.0 Å². The van der Waals surface area contributed by atoms with Crippen LogP contribution in [0.4, 0.5) is 5.69 Å². The first-order valence-corrected chi connectivity index (χ1v) is 9.29. The highest BCUT2D eigenvalue weighted by Crippen LogP contribution is 2.18. The van der Waals surface area contributed by atoms with Crippen LogP contribution in [0.2, 0.25) is 0 Å². The van der Waals surface area contributed by atoms with E-state index in [2.05, 4.69) is 14.9 Å². The quantitative estimate of drug-likeness (QED) is 0.688. The van der Waals surface area contributed by atoms with Crippen molar-refractivity contribution in [2.24, 2.45) is 0 Å². The number of carbonyl (C=O) groups excluding carboxylic acids is 1. The molecule has 0 aliphatic carbocycles. The van der Waals surface area contributed by atoms with Crippen molar-refractivity contribution < 1.29 is 4.79 Å². The number of rotatable bonds is 3. The number of piperazine rings is 1. The van der Waals surface area contributed by atoms with Gasteiger partial charge in [-0.2, -0.15) is 0 Å². The standard InChI is InChI=1S/C20H21N5O3/c1-2-25-17-4-3-14(13-16(17)22-18(26)20(25)28)19(27)24-11-9-23(10-12-24)15-5-7-21-8-6-15/h3-8,13H,2,9-12H2,1H3,(H,22,26). The Labute approximate surface area is 161 Å². The Bertz CT molecular complexity index is 1130. The minimum Gasteiger partial charge on any atom is -0.368 e. The van der Waals surface area contributed by atoms with Crippen LogP contribution in [0.25, 0.3) is 11.0 Å². The van der Waals surface area contributed by atoms with Crippen LogP contribution in [0.15, 0.2) is 52.3 Å². The van der Waals surface area contributed by atoms with Crippen molar-refractivity contribution in [3.05, 3.63) is 69.0 Å². The molecule has 4 rings (SSSR count). The van der Waals surface area contributed by atoms with Crippen LogP contribution in [0.5, 0.6) is 0 Å². The van der Waals surface area contributed by atoms with E-state index in [0.717, 1.165) is 18.8 Å². The van der Waals surface area contributed by atoms with Gasteiger partial charge in [0.25, 0.3) is 5.91 Å². The van der Waals surface area contributed by atoms with Crippen LogP contribution in [0.3, 0.4) is 0 Å². The SMILES string of the molecule is CCn1c(=O)c(=O)[nH]c2cc(C(=O)N3CCN(c4ccncc4)CC3)ccc21. The van der Waals surface area contributed by atoms with Gasteiger partial charge in [-0.25, -0.2) is 0 Å². The summed E-state index contributed by atoms with van der Waals surface area (Å²) in [6.45, 7) is 4.92. The van der Waals surface area contributed by atoms with Crippen LogP contribution in [0.1, 0.15) is 17.3 Å². The van der Waals surface area contributed by atoms with Gasteiger partial charge in [0.15, 0.2) is 0 Å². The first-order chi connectivity index (χ1) is 13.6. The van der Waals surface area contributed by atoms with Gasteiger partial charge in [0.05, 0.1) is 11.0 Å². The molecule has 0 radical (unpaired) electrons. The summed E-state index contributed by atoms with van der Waals surface area (Å²) in [7, 11) is 0. The molecule has 8 heteroatoms. The summed E-state index contributed by atoms with van der Waals surface area (Å²) in [6, 6.07) is 9.01. The number of hydrogen-bond donors (Lipinski definition) is 1. The van der Waals surface area contributed by atoms with Crippen molar-refractivity contribution in [1.29, 1.82) is 0 Å². The summed E-state index contributed by atoms with van der Waals surface area (Å²) < 4.78 is 1.41. The first-order valence-electron chi connectivity index (χ1n) is 9.29. The fraction of sp³-hybridized carbons (Fsp3) is 0.300. The highest BCUT2D eigenvalue weighted by atomic mass is 16.2. The lowest BCUT2D eigenvalue weighted by Crippen LogP contribution is -2.48. The Kier molecular flexibility index (Phi) is 4.68. The predicted molar refractivity (Wildman–Crippen MR) is 107 cm³/mol. The molecule has 0 atom stereocenters. The van der Waals surface area contributed by atoms with Crippen LogP contribution in [-0.4, -0.2) is 51.5 Å². The van der Waals surface area contributed by atoms with Crippen LogP contribution >= 0.6 is 0 Å². The van der Waals surface area contributed by atoms with E-state index in [0.29, 0.717) is 36.2 Å². The third-order valence-corrected chi connectivity index (χ3v) is 5.13. The van der Waals surface area contributed by atoms with Gasteiger partial charge >= 0.3 is 11.1 Å². The smallest absolute Gasteiger partial charge is 0.316 e. The third kappa shape index (κ3) is 3.17. The van der Waals surface area contributed by atoms with Gasteiger partial charge in [-0.3, -0.25) is 19.4 Å². The molecule has 8 nitrogen and oxygen atoms in total. The van der Waals surface area contributed by atoms with Crippen molar-refractivity contribution in [2.75, 3.05) is 31.1 Å². The Morgan fingerprint density at radius 3 is 2.46 bits per heavy atom. The van der Waals surface area contributed by atoms with E-state index in [1.165, 1.54) is 4.57 Å². The maximum atomic E-state index is 12.9. The van der Waals surface area contributed by atoms with Gasteiger partial charge in [-0.15, -0.1) is 0 Å². The van der Waals surface area contributed by atoms with Gasteiger partial charge in [0, 0.05) is 56.4 Å². The Morgan fingerprint density at radius 2 is 1.79 bits per heavy atom. The second-order valence-corrected chi connectivity index (χ2v) is 6.72.